The number of rotatable bonds is 7. The smallest absolute Gasteiger partial charge is 0.0847 e. The van der Waals surface area contributed by atoms with E-state index in [1.54, 1.807) is 9.75 Å². The van der Waals surface area contributed by atoms with Crippen molar-refractivity contribution in [3.63, 3.8) is 0 Å². The molecular formula is C15H24OS. The largest absolute Gasteiger partial charge is 0.370 e. The molecule has 1 saturated heterocycles. The summed E-state index contributed by atoms with van der Waals surface area (Å²) >= 11 is 2.01. The van der Waals surface area contributed by atoms with E-state index in [0.29, 0.717) is 18.1 Å². The maximum atomic E-state index is 5.68. The number of aryl methyl sites for hydroxylation is 1. The molecule has 1 aliphatic rings. The predicted octanol–water partition coefficient (Wildman–Crippen LogP) is 4.76. The highest BCUT2D eigenvalue weighted by Crippen LogP contribution is 2.38. The molecule has 0 spiro atoms. The number of epoxide rings is 1. The van der Waals surface area contributed by atoms with Crippen LogP contribution in [0.15, 0.2) is 12.1 Å². The lowest BCUT2D eigenvalue weighted by Crippen LogP contribution is -2.02. The van der Waals surface area contributed by atoms with Gasteiger partial charge in [-0.3, -0.25) is 0 Å². The Labute approximate surface area is 109 Å². The van der Waals surface area contributed by atoms with E-state index in [0.717, 1.165) is 0 Å². The van der Waals surface area contributed by atoms with Crippen LogP contribution in [0.2, 0.25) is 0 Å². The highest BCUT2D eigenvalue weighted by Gasteiger charge is 2.38. The predicted molar refractivity (Wildman–Crippen MR) is 74.9 cm³/mol. The van der Waals surface area contributed by atoms with Gasteiger partial charge in [-0.1, -0.05) is 27.2 Å². The molecule has 0 aliphatic carbocycles. The summed E-state index contributed by atoms with van der Waals surface area (Å²) in [6, 6.07) is 4.66. The summed E-state index contributed by atoms with van der Waals surface area (Å²) in [6.45, 7) is 6.77. The molecule has 0 aromatic carbocycles. The second kappa shape index (κ2) is 6.01. The van der Waals surface area contributed by atoms with E-state index in [9.17, 15) is 0 Å². The minimum Gasteiger partial charge on any atom is -0.370 e. The maximum absolute atomic E-state index is 5.68. The third-order valence-electron chi connectivity index (χ3n) is 3.68. The quantitative estimate of drug-likeness (QED) is 0.637. The molecule has 1 nitrogen and oxygen atoms in total. The van der Waals surface area contributed by atoms with Crippen molar-refractivity contribution >= 4 is 11.3 Å². The Kier molecular flexibility index (Phi) is 4.63. The average molecular weight is 252 g/mol. The normalized spacial score (nSPS) is 24.9. The van der Waals surface area contributed by atoms with Crippen molar-refractivity contribution in [2.24, 2.45) is 0 Å². The van der Waals surface area contributed by atoms with E-state index in [1.807, 2.05) is 11.3 Å². The molecule has 0 saturated carbocycles. The van der Waals surface area contributed by atoms with Gasteiger partial charge in [0.25, 0.3) is 0 Å². The molecule has 0 N–H and O–H groups in total. The number of hydrogen-bond acceptors (Lipinski definition) is 2. The molecule has 2 heterocycles. The third kappa shape index (κ3) is 3.32. The van der Waals surface area contributed by atoms with Crippen molar-refractivity contribution in [3.05, 3.63) is 21.9 Å². The zero-order valence-corrected chi connectivity index (χ0v) is 12.1. The van der Waals surface area contributed by atoms with Gasteiger partial charge in [0.05, 0.1) is 12.2 Å². The maximum Gasteiger partial charge on any atom is 0.0847 e. The monoisotopic (exact) mass is 252 g/mol. The molecule has 0 amide bonds. The highest BCUT2D eigenvalue weighted by molar-refractivity contribution is 7.12. The molecule has 1 aromatic rings. The van der Waals surface area contributed by atoms with Crippen molar-refractivity contribution < 1.29 is 4.74 Å². The van der Waals surface area contributed by atoms with E-state index in [-0.39, 0.29) is 0 Å². The summed E-state index contributed by atoms with van der Waals surface area (Å²) in [4.78, 5) is 3.12. The molecule has 1 aromatic heterocycles. The molecule has 17 heavy (non-hydrogen) atoms. The van der Waals surface area contributed by atoms with Gasteiger partial charge in [0.15, 0.2) is 0 Å². The summed E-state index contributed by atoms with van der Waals surface area (Å²) < 4.78 is 5.68. The van der Waals surface area contributed by atoms with Gasteiger partial charge < -0.3 is 4.74 Å². The fraction of sp³-hybridized carbons (Fsp3) is 0.733. The van der Waals surface area contributed by atoms with Gasteiger partial charge in [-0.05, 0) is 43.7 Å². The third-order valence-corrected chi connectivity index (χ3v) is 4.99. The molecule has 96 valence electrons. The van der Waals surface area contributed by atoms with Crippen molar-refractivity contribution in [2.45, 2.75) is 71.0 Å². The van der Waals surface area contributed by atoms with Crippen molar-refractivity contribution in [1.82, 2.24) is 0 Å². The summed E-state index contributed by atoms with van der Waals surface area (Å²) in [5, 5.41) is 0. The van der Waals surface area contributed by atoms with Gasteiger partial charge in [-0.25, -0.2) is 0 Å². The van der Waals surface area contributed by atoms with Crippen LogP contribution in [0.25, 0.3) is 0 Å². The first kappa shape index (κ1) is 13.1. The summed E-state index contributed by atoms with van der Waals surface area (Å²) in [5.41, 5.74) is 0. The van der Waals surface area contributed by atoms with Crippen LogP contribution in [0, 0.1) is 0 Å². The Hall–Kier alpha value is -0.340. The summed E-state index contributed by atoms with van der Waals surface area (Å²) in [6.07, 6.45) is 7.22. The second-order valence-electron chi connectivity index (χ2n) is 5.02. The first-order valence-corrected chi connectivity index (χ1v) is 7.84. The standard InChI is InChI=1S/C15H24OS/c1-4-7-12-8-9-15(17-12)11(5-2)10-14-13(6-3)16-14/h8-9,11,13-14H,4-7,10H2,1-3H3. The van der Waals surface area contributed by atoms with Crippen molar-refractivity contribution in [2.75, 3.05) is 0 Å². The van der Waals surface area contributed by atoms with Crippen LogP contribution in [-0.4, -0.2) is 12.2 Å². The minimum absolute atomic E-state index is 0.543. The summed E-state index contributed by atoms with van der Waals surface area (Å²) in [7, 11) is 0. The first-order chi connectivity index (χ1) is 8.28. The van der Waals surface area contributed by atoms with Gasteiger partial charge in [-0.2, -0.15) is 0 Å². The lowest BCUT2D eigenvalue weighted by molar-refractivity contribution is 0.349. The van der Waals surface area contributed by atoms with E-state index in [2.05, 4.69) is 32.9 Å². The van der Waals surface area contributed by atoms with Crippen LogP contribution >= 0.6 is 11.3 Å². The minimum atomic E-state index is 0.543. The van der Waals surface area contributed by atoms with Crippen molar-refractivity contribution in [1.29, 1.82) is 0 Å². The van der Waals surface area contributed by atoms with Crippen LogP contribution < -0.4 is 0 Å². The van der Waals surface area contributed by atoms with E-state index in [1.165, 1.54) is 32.1 Å². The molecule has 0 radical (unpaired) electrons. The van der Waals surface area contributed by atoms with Crippen LogP contribution in [0.4, 0.5) is 0 Å². The molecule has 2 rings (SSSR count). The number of hydrogen-bond donors (Lipinski definition) is 0. The highest BCUT2D eigenvalue weighted by atomic mass is 32.1. The van der Waals surface area contributed by atoms with Crippen LogP contribution in [0.1, 0.15) is 62.1 Å². The Balaban J connectivity index is 1.92. The molecular weight excluding hydrogens is 228 g/mol. The first-order valence-electron chi connectivity index (χ1n) is 7.02. The van der Waals surface area contributed by atoms with E-state index in [4.69, 9.17) is 4.74 Å². The lowest BCUT2D eigenvalue weighted by Gasteiger charge is -2.11. The fourth-order valence-electron chi connectivity index (χ4n) is 2.50. The summed E-state index contributed by atoms with van der Waals surface area (Å²) in [5.74, 6) is 0.715. The van der Waals surface area contributed by atoms with Gasteiger partial charge >= 0.3 is 0 Å². The average Bonchev–Trinajstić information content (AvgIpc) is 2.95. The molecule has 0 bridgehead atoms. The van der Waals surface area contributed by atoms with Crippen LogP contribution in [-0.2, 0) is 11.2 Å². The fourth-order valence-corrected chi connectivity index (χ4v) is 3.82. The van der Waals surface area contributed by atoms with Gasteiger partial charge in [0, 0.05) is 9.75 Å². The van der Waals surface area contributed by atoms with E-state index < -0.39 is 0 Å². The number of ether oxygens (including phenoxy) is 1. The molecule has 3 unspecified atom stereocenters. The SMILES string of the molecule is CCCc1ccc(C(CC)CC2OC2CC)s1. The van der Waals surface area contributed by atoms with Crippen molar-refractivity contribution in [3.8, 4) is 0 Å². The Morgan fingerprint density at radius 3 is 2.65 bits per heavy atom. The molecule has 2 heteroatoms. The Bertz CT molecular complexity index is 344. The zero-order valence-electron chi connectivity index (χ0n) is 11.2. The zero-order chi connectivity index (χ0) is 12.3. The topological polar surface area (TPSA) is 12.5 Å². The van der Waals surface area contributed by atoms with E-state index >= 15 is 0 Å². The van der Waals surface area contributed by atoms with Crippen LogP contribution in [0.3, 0.4) is 0 Å². The molecule has 3 atom stereocenters. The van der Waals surface area contributed by atoms with Gasteiger partial charge in [0.1, 0.15) is 0 Å². The van der Waals surface area contributed by atoms with Gasteiger partial charge in [0.2, 0.25) is 0 Å². The van der Waals surface area contributed by atoms with Gasteiger partial charge in [-0.15, -0.1) is 11.3 Å². The second-order valence-corrected chi connectivity index (χ2v) is 6.22. The lowest BCUT2D eigenvalue weighted by atomic mass is 9.97. The number of thiophene rings is 1. The molecule has 1 aliphatic heterocycles. The Morgan fingerprint density at radius 1 is 1.24 bits per heavy atom. The Morgan fingerprint density at radius 2 is 2.06 bits per heavy atom. The van der Waals surface area contributed by atoms with Crippen LogP contribution in [0.5, 0.6) is 0 Å². The molecule has 1 fully saturated rings.